The predicted molar refractivity (Wildman–Crippen MR) is 110 cm³/mol. The molecule has 0 fully saturated rings. The third kappa shape index (κ3) is 5.35. The minimum Gasteiger partial charge on any atom is -0.493 e. The van der Waals surface area contributed by atoms with Gasteiger partial charge in [-0.25, -0.2) is 0 Å². The highest BCUT2D eigenvalue weighted by Crippen LogP contribution is 2.32. The molecule has 1 atom stereocenters. The molecule has 0 aliphatic heterocycles. The molecule has 0 aromatic heterocycles. The van der Waals surface area contributed by atoms with E-state index in [4.69, 9.17) is 9.47 Å². The van der Waals surface area contributed by atoms with Crippen LogP contribution >= 0.6 is 0 Å². The number of hydrogen-bond donors (Lipinski definition) is 1. The lowest BCUT2D eigenvalue weighted by Gasteiger charge is -2.17. The molecule has 0 bridgehead atoms. The van der Waals surface area contributed by atoms with Gasteiger partial charge in [-0.2, -0.15) is 0 Å². The summed E-state index contributed by atoms with van der Waals surface area (Å²) >= 11 is 0. The second kappa shape index (κ2) is 9.79. The van der Waals surface area contributed by atoms with Crippen LogP contribution in [0, 0.1) is 0 Å². The Morgan fingerprint density at radius 3 is 2.26 bits per heavy atom. The number of nitrogens with one attached hydrogen (secondary N) is 1. The summed E-state index contributed by atoms with van der Waals surface area (Å²) in [6, 6.07) is 26.8. The highest BCUT2D eigenvalue weighted by atomic mass is 16.5. The molecule has 0 saturated carbocycles. The van der Waals surface area contributed by atoms with Crippen molar-refractivity contribution in [2.45, 2.75) is 26.0 Å². The van der Waals surface area contributed by atoms with E-state index < -0.39 is 0 Å². The van der Waals surface area contributed by atoms with Crippen molar-refractivity contribution in [2.75, 3.05) is 13.7 Å². The lowest BCUT2D eigenvalue weighted by molar-refractivity contribution is 0.280. The zero-order valence-electron chi connectivity index (χ0n) is 16.0. The van der Waals surface area contributed by atoms with E-state index in [9.17, 15) is 0 Å². The third-order valence-corrected chi connectivity index (χ3v) is 4.64. The summed E-state index contributed by atoms with van der Waals surface area (Å²) in [5, 5.41) is 3.55. The second-order valence-electron chi connectivity index (χ2n) is 6.67. The first kappa shape index (κ1) is 19.0. The van der Waals surface area contributed by atoms with Crippen LogP contribution in [0.1, 0.15) is 29.5 Å². The van der Waals surface area contributed by atoms with Crippen LogP contribution in [-0.2, 0) is 13.2 Å². The molecular formula is C24H27NO2. The summed E-state index contributed by atoms with van der Waals surface area (Å²) in [6.45, 7) is 4.40. The van der Waals surface area contributed by atoms with Gasteiger partial charge in [0.25, 0.3) is 0 Å². The van der Waals surface area contributed by atoms with Gasteiger partial charge in [-0.1, -0.05) is 79.7 Å². The van der Waals surface area contributed by atoms with Crippen molar-refractivity contribution in [2.24, 2.45) is 0 Å². The normalized spacial score (nSPS) is 11.8. The van der Waals surface area contributed by atoms with Crippen molar-refractivity contribution < 1.29 is 9.47 Å². The molecule has 0 spiro atoms. The first-order chi connectivity index (χ1) is 13.3. The summed E-state index contributed by atoms with van der Waals surface area (Å²) in [5.41, 5.74) is 3.58. The zero-order valence-corrected chi connectivity index (χ0v) is 16.0. The SMILES string of the molecule is COc1cccc(CNCC(C)c2ccccc2)c1OCc1ccccc1. The number of para-hydroxylation sites is 1. The minimum atomic E-state index is 0.450. The monoisotopic (exact) mass is 361 g/mol. The van der Waals surface area contributed by atoms with Gasteiger partial charge < -0.3 is 14.8 Å². The smallest absolute Gasteiger partial charge is 0.166 e. The number of ether oxygens (including phenoxy) is 2. The molecule has 0 aliphatic rings. The van der Waals surface area contributed by atoms with Gasteiger partial charge in [0.05, 0.1) is 7.11 Å². The maximum absolute atomic E-state index is 6.12. The summed E-state index contributed by atoms with van der Waals surface area (Å²) in [4.78, 5) is 0. The second-order valence-corrected chi connectivity index (χ2v) is 6.67. The molecule has 0 saturated heterocycles. The molecule has 3 aromatic rings. The summed E-state index contributed by atoms with van der Waals surface area (Å²) in [7, 11) is 1.68. The van der Waals surface area contributed by atoms with Gasteiger partial charge in [-0.3, -0.25) is 0 Å². The molecule has 27 heavy (non-hydrogen) atoms. The van der Waals surface area contributed by atoms with E-state index in [1.54, 1.807) is 7.11 Å². The Hall–Kier alpha value is -2.78. The molecule has 3 rings (SSSR count). The first-order valence-electron chi connectivity index (χ1n) is 9.36. The van der Waals surface area contributed by atoms with Crippen LogP contribution in [0.5, 0.6) is 11.5 Å². The molecule has 3 heteroatoms. The van der Waals surface area contributed by atoms with E-state index in [1.165, 1.54) is 5.56 Å². The van der Waals surface area contributed by atoms with Crippen LogP contribution < -0.4 is 14.8 Å². The van der Waals surface area contributed by atoms with Gasteiger partial charge in [0.15, 0.2) is 11.5 Å². The largest absolute Gasteiger partial charge is 0.493 e. The number of rotatable bonds is 9. The summed E-state index contributed by atoms with van der Waals surface area (Å²) in [6.07, 6.45) is 0. The molecule has 0 radical (unpaired) electrons. The Balaban J connectivity index is 1.64. The Labute approximate surface area is 162 Å². The molecule has 1 N–H and O–H groups in total. The molecule has 140 valence electrons. The lowest BCUT2D eigenvalue weighted by atomic mass is 10.0. The molecule has 0 heterocycles. The maximum Gasteiger partial charge on any atom is 0.166 e. The van der Waals surface area contributed by atoms with Crippen molar-refractivity contribution in [3.05, 3.63) is 95.6 Å². The highest BCUT2D eigenvalue weighted by Gasteiger charge is 2.12. The quantitative estimate of drug-likeness (QED) is 0.570. The molecule has 3 nitrogen and oxygen atoms in total. The van der Waals surface area contributed by atoms with Crippen molar-refractivity contribution in [1.29, 1.82) is 0 Å². The van der Waals surface area contributed by atoms with Crippen LogP contribution in [0.3, 0.4) is 0 Å². The van der Waals surface area contributed by atoms with Crippen LogP contribution in [0.2, 0.25) is 0 Å². The van der Waals surface area contributed by atoms with Gasteiger partial charge in [-0.15, -0.1) is 0 Å². The molecule has 3 aromatic carbocycles. The van der Waals surface area contributed by atoms with E-state index in [-0.39, 0.29) is 0 Å². The van der Waals surface area contributed by atoms with Crippen LogP contribution in [0.25, 0.3) is 0 Å². The topological polar surface area (TPSA) is 30.5 Å². The maximum atomic E-state index is 6.12. The fraction of sp³-hybridized carbons (Fsp3) is 0.250. The van der Waals surface area contributed by atoms with Crippen LogP contribution in [0.15, 0.2) is 78.9 Å². The fourth-order valence-electron chi connectivity index (χ4n) is 3.08. The predicted octanol–water partition coefficient (Wildman–Crippen LogP) is 5.17. The van der Waals surface area contributed by atoms with Gasteiger partial charge in [0.2, 0.25) is 0 Å². The van der Waals surface area contributed by atoms with Crippen molar-refractivity contribution in [1.82, 2.24) is 5.32 Å². The van der Waals surface area contributed by atoms with E-state index in [0.29, 0.717) is 12.5 Å². The number of methoxy groups -OCH3 is 1. The molecular weight excluding hydrogens is 334 g/mol. The number of hydrogen-bond acceptors (Lipinski definition) is 3. The Morgan fingerprint density at radius 2 is 1.56 bits per heavy atom. The Morgan fingerprint density at radius 1 is 0.852 bits per heavy atom. The van der Waals surface area contributed by atoms with Gasteiger partial charge in [0, 0.05) is 18.7 Å². The van der Waals surface area contributed by atoms with Crippen LogP contribution in [-0.4, -0.2) is 13.7 Å². The van der Waals surface area contributed by atoms with E-state index in [1.807, 2.05) is 30.3 Å². The van der Waals surface area contributed by atoms with Gasteiger partial charge in [0.1, 0.15) is 6.61 Å². The van der Waals surface area contributed by atoms with E-state index in [0.717, 1.165) is 35.7 Å². The first-order valence-corrected chi connectivity index (χ1v) is 9.36. The van der Waals surface area contributed by atoms with Gasteiger partial charge >= 0.3 is 0 Å². The summed E-state index contributed by atoms with van der Waals surface area (Å²) < 4.78 is 11.6. The number of benzene rings is 3. The minimum absolute atomic E-state index is 0.450. The van der Waals surface area contributed by atoms with Crippen molar-refractivity contribution >= 4 is 0 Å². The van der Waals surface area contributed by atoms with E-state index in [2.05, 4.69) is 60.8 Å². The van der Waals surface area contributed by atoms with Gasteiger partial charge in [-0.05, 0) is 23.1 Å². The third-order valence-electron chi connectivity index (χ3n) is 4.64. The van der Waals surface area contributed by atoms with Crippen molar-refractivity contribution in [3.8, 4) is 11.5 Å². The molecule has 1 unspecified atom stereocenters. The van der Waals surface area contributed by atoms with Crippen molar-refractivity contribution in [3.63, 3.8) is 0 Å². The van der Waals surface area contributed by atoms with E-state index >= 15 is 0 Å². The summed E-state index contributed by atoms with van der Waals surface area (Å²) in [5.74, 6) is 2.02. The highest BCUT2D eigenvalue weighted by molar-refractivity contribution is 5.46. The Kier molecular flexibility index (Phi) is 6.89. The molecule has 0 amide bonds. The zero-order chi connectivity index (χ0) is 18.9. The Bertz CT molecular complexity index is 818. The average molecular weight is 361 g/mol. The lowest BCUT2D eigenvalue weighted by Crippen LogP contribution is -2.20. The molecule has 0 aliphatic carbocycles. The van der Waals surface area contributed by atoms with Crippen LogP contribution in [0.4, 0.5) is 0 Å². The average Bonchev–Trinajstić information content (AvgIpc) is 2.73. The fourth-order valence-corrected chi connectivity index (χ4v) is 3.08. The standard InChI is InChI=1S/C24H27NO2/c1-19(21-12-7-4-8-13-21)16-25-17-22-14-9-15-23(26-2)24(22)27-18-20-10-5-3-6-11-20/h3-15,19,25H,16-18H2,1-2H3.